The van der Waals surface area contributed by atoms with Crippen LogP contribution >= 0.6 is 11.6 Å². The van der Waals surface area contributed by atoms with E-state index in [9.17, 15) is 14.4 Å². The number of anilines is 1. The first-order valence-electron chi connectivity index (χ1n) is 10.5. The molecule has 0 unspecified atom stereocenters. The molecule has 2 aliphatic heterocycles. The van der Waals surface area contributed by atoms with Gasteiger partial charge in [-0.3, -0.25) is 9.59 Å². The lowest BCUT2D eigenvalue weighted by molar-refractivity contribution is 0.0691. The molecule has 2 aromatic rings. The topological polar surface area (TPSA) is 134 Å². The Labute approximate surface area is 189 Å². The molecule has 2 amide bonds. The van der Waals surface area contributed by atoms with Crippen molar-refractivity contribution in [3.05, 3.63) is 38.6 Å². The van der Waals surface area contributed by atoms with Crippen LogP contribution in [0.2, 0.25) is 5.02 Å². The lowest BCUT2D eigenvalue weighted by Gasteiger charge is -2.32. The maximum atomic E-state index is 12.7. The molecule has 2 N–H and O–H groups in total. The molecule has 2 aliphatic rings. The number of aromatic amines is 1. The molecular weight excluding hydrogens is 440 g/mol. The molecule has 0 aromatic carbocycles. The third-order valence-electron chi connectivity index (χ3n) is 5.89. The van der Waals surface area contributed by atoms with E-state index in [-0.39, 0.29) is 23.1 Å². The summed E-state index contributed by atoms with van der Waals surface area (Å²) in [5, 5.41) is 12.9. The number of amides is 2. The number of halogens is 1. The number of nitrogens with zero attached hydrogens (tertiary/aromatic N) is 4. The first-order valence-corrected chi connectivity index (χ1v) is 10.9. The van der Waals surface area contributed by atoms with Gasteiger partial charge >= 0.3 is 6.09 Å². The summed E-state index contributed by atoms with van der Waals surface area (Å²) in [7, 11) is 0. The van der Waals surface area contributed by atoms with Crippen molar-refractivity contribution in [3.63, 3.8) is 0 Å². The van der Waals surface area contributed by atoms with E-state index in [0.717, 1.165) is 0 Å². The van der Waals surface area contributed by atoms with Crippen molar-refractivity contribution in [2.24, 2.45) is 0 Å². The highest BCUT2D eigenvalue weighted by Gasteiger charge is 2.31. The lowest BCUT2D eigenvalue weighted by Crippen LogP contribution is -2.47. The van der Waals surface area contributed by atoms with Gasteiger partial charge in [0.1, 0.15) is 22.5 Å². The zero-order chi connectivity index (χ0) is 22.8. The van der Waals surface area contributed by atoms with E-state index in [1.165, 1.54) is 6.20 Å². The van der Waals surface area contributed by atoms with Crippen LogP contribution in [-0.2, 0) is 4.74 Å². The fraction of sp³-hybridized carbons (Fsp3) is 0.550. The second-order valence-electron chi connectivity index (χ2n) is 8.07. The summed E-state index contributed by atoms with van der Waals surface area (Å²) in [6, 6.07) is -0.0694. The molecule has 172 valence electrons. The smallest absolute Gasteiger partial charge is 0.407 e. The molecule has 2 aromatic heterocycles. The van der Waals surface area contributed by atoms with E-state index < -0.39 is 11.7 Å². The number of rotatable bonds is 4. The maximum absolute atomic E-state index is 12.7. The average Bonchev–Trinajstić information content (AvgIpc) is 3.36. The molecule has 0 bridgehead atoms. The number of H-pyrrole nitrogens is 1. The molecule has 32 heavy (non-hydrogen) atoms. The number of nitrogens with one attached hydrogen (secondary N) is 2. The molecular formula is C20H25ClN6O5. The molecule has 12 heteroatoms. The highest BCUT2D eigenvalue weighted by Crippen LogP contribution is 2.26. The van der Waals surface area contributed by atoms with E-state index in [1.54, 1.807) is 18.7 Å². The Hall–Kier alpha value is -3.08. The summed E-state index contributed by atoms with van der Waals surface area (Å²) >= 11 is 6.06. The van der Waals surface area contributed by atoms with E-state index in [4.69, 9.17) is 20.9 Å². The number of piperidine rings is 1. The second-order valence-corrected chi connectivity index (χ2v) is 8.45. The van der Waals surface area contributed by atoms with Crippen molar-refractivity contribution < 1.29 is 18.8 Å². The van der Waals surface area contributed by atoms with Crippen LogP contribution in [0.25, 0.3) is 0 Å². The van der Waals surface area contributed by atoms with Crippen LogP contribution in [0, 0.1) is 13.8 Å². The number of carbonyl (C=O) groups excluding carboxylic acids is 2. The van der Waals surface area contributed by atoms with Gasteiger partial charge in [0.2, 0.25) is 0 Å². The minimum Gasteiger partial charge on any atom is -0.444 e. The van der Waals surface area contributed by atoms with Crippen LogP contribution in [0.3, 0.4) is 0 Å². The van der Waals surface area contributed by atoms with Gasteiger partial charge in [-0.2, -0.15) is 5.10 Å². The van der Waals surface area contributed by atoms with Gasteiger partial charge in [0.15, 0.2) is 0 Å². The number of ether oxygens (including phenoxy) is 1. The third-order valence-corrected chi connectivity index (χ3v) is 6.25. The van der Waals surface area contributed by atoms with Crippen molar-refractivity contribution >= 4 is 29.3 Å². The van der Waals surface area contributed by atoms with E-state index >= 15 is 0 Å². The number of likely N-dealkylation sites (tertiary alicyclic amines) is 1. The van der Waals surface area contributed by atoms with Gasteiger partial charge < -0.3 is 24.4 Å². The van der Waals surface area contributed by atoms with Crippen molar-refractivity contribution in [1.82, 2.24) is 25.6 Å². The largest absolute Gasteiger partial charge is 0.444 e. The number of hydrogen-bond acceptors (Lipinski definition) is 8. The van der Waals surface area contributed by atoms with E-state index in [2.05, 4.69) is 20.7 Å². The summed E-state index contributed by atoms with van der Waals surface area (Å²) in [5.74, 6) is 0.417. The van der Waals surface area contributed by atoms with Crippen molar-refractivity contribution in [2.75, 3.05) is 31.1 Å². The Kier molecular flexibility index (Phi) is 6.35. The van der Waals surface area contributed by atoms with Crippen molar-refractivity contribution in [3.8, 4) is 0 Å². The highest BCUT2D eigenvalue weighted by molar-refractivity contribution is 6.33. The van der Waals surface area contributed by atoms with Gasteiger partial charge in [-0.25, -0.2) is 9.89 Å². The number of hydrogen-bond donors (Lipinski definition) is 2. The highest BCUT2D eigenvalue weighted by atomic mass is 35.5. The third kappa shape index (κ3) is 4.57. The molecule has 0 aliphatic carbocycles. The Morgan fingerprint density at radius 1 is 1.25 bits per heavy atom. The summed E-state index contributed by atoms with van der Waals surface area (Å²) in [4.78, 5) is 40.4. The van der Waals surface area contributed by atoms with Crippen molar-refractivity contribution in [2.45, 2.75) is 45.3 Å². The Morgan fingerprint density at radius 2 is 2.00 bits per heavy atom. The minimum atomic E-state index is -0.484. The predicted octanol–water partition coefficient (Wildman–Crippen LogP) is 1.64. The molecule has 11 nitrogen and oxygen atoms in total. The minimum absolute atomic E-state index is 0.0694. The Morgan fingerprint density at radius 3 is 2.69 bits per heavy atom. The molecule has 0 saturated carbocycles. The summed E-state index contributed by atoms with van der Waals surface area (Å²) in [5.41, 5.74) is 1.17. The van der Waals surface area contributed by atoms with Crippen LogP contribution in [0.15, 0.2) is 15.5 Å². The molecule has 4 rings (SSSR count). The molecule has 2 saturated heterocycles. The zero-order valence-electron chi connectivity index (χ0n) is 17.9. The second kappa shape index (κ2) is 9.19. The molecule has 0 spiro atoms. The van der Waals surface area contributed by atoms with Crippen LogP contribution in [0.1, 0.15) is 41.1 Å². The molecule has 4 heterocycles. The SMILES string of the molecule is Cc1noc(C)c1C(=O)N1CCC(NC(=O)O[C@@H]2CCN(c3cn[nH]c(=O)c3Cl)C2)CC1. The number of carbonyl (C=O) groups is 2. The number of alkyl carbamates (subject to hydrolysis) is 1. The van der Waals surface area contributed by atoms with E-state index in [0.29, 0.717) is 68.1 Å². The quantitative estimate of drug-likeness (QED) is 0.697. The molecule has 2 fully saturated rings. The standard InChI is InChI=1S/C20H25ClN6O5/c1-11-16(12(2)32-25-11)19(29)26-6-3-13(4-7-26)23-20(30)31-14-5-8-27(10-14)15-9-22-24-18(28)17(15)21/h9,13-14H,3-8,10H2,1-2H3,(H,23,30)(H,24,28)/t14-/m1/s1. The predicted molar refractivity (Wildman–Crippen MR) is 115 cm³/mol. The van der Waals surface area contributed by atoms with Gasteiger partial charge in [-0.1, -0.05) is 16.8 Å². The van der Waals surface area contributed by atoms with Crippen LogP contribution < -0.4 is 15.8 Å². The molecule has 0 radical (unpaired) electrons. The first-order chi connectivity index (χ1) is 15.3. The van der Waals surface area contributed by atoms with Gasteiger partial charge in [0.05, 0.1) is 24.1 Å². The normalized spacial score (nSPS) is 19.3. The van der Waals surface area contributed by atoms with Crippen LogP contribution in [-0.4, -0.2) is 70.6 Å². The maximum Gasteiger partial charge on any atom is 0.407 e. The summed E-state index contributed by atoms with van der Waals surface area (Å²) < 4.78 is 10.6. The lowest BCUT2D eigenvalue weighted by atomic mass is 10.0. The van der Waals surface area contributed by atoms with Gasteiger partial charge in [-0.05, 0) is 26.7 Å². The van der Waals surface area contributed by atoms with Gasteiger partial charge in [-0.15, -0.1) is 0 Å². The first kappa shape index (κ1) is 22.1. The number of aromatic nitrogens is 3. The average molecular weight is 465 g/mol. The summed E-state index contributed by atoms with van der Waals surface area (Å²) in [6.45, 7) is 5.56. The van der Waals surface area contributed by atoms with Gasteiger partial charge in [0, 0.05) is 32.1 Å². The van der Waals surface area contributed by atoms with Crippen molar-refractivity contribution in [1.29, 1.82) is 0 Å². The van der Waals surface area contributed by atoms with Crippen LogP contribution in [0.5, 0.6) is 0 Å². The molecule has 1 atom stereocenters. The number of aryl methyl sites for hydroxylation is 2. The Bertz CT molecular complexity index is 1040. The fourth-order valence-electron chi connectivity index (χ4n) is 4.16. The Balaban J connectivity index is 1.24. The van der Waals surface area contributed by atoms with Gasteiger partial charge in [0.25, 0.3) is 11.5 Å². The summed E-state index contributed by atoms with van der Waals surface area (Å²) in [6.07, 6.45) is 2.59. The fourth-order valence-corrected chi connectivity index (χ4v) is 4.37. The monoisotopic (exact) mass is 464 g/mol. The van der Waals surface area contributed by atoms with Crippen LogP contribution in [0.4, 0.5) is 10.5 Å². The zero-order valence-corrected chi connectivity index (χ0v) is 18.6. The van der Waals surface area contributed by atoms with E-state index in [1.807, 2.05) is 4.90 Å².